The van der Waals surface area contributed by atoms with Gasteiger partial charge in [0.05, 0.1) is 7.11 Å². The van der Waals surface area contributed by atoms with Crippen LogP contribution in [0.15, 0.2) is 30.3 Å². The van der Waals surface area contributed by atoms with Crippen molar-refractivity contribution in [3.05, 3.63) is 41.5 Å². The average Bonchev–Trinajstić information content (AvgIpc) is 2.72. The molecule has 4 heteroatoms. The van der Waals surface area contributed by atoms with E-state index in [1.54, 1.807) is 12.1 Å². The Morgan fingerprint density at radius 2 is 2.06 bits per heavy atom. The Morgan fingerprint density at radius 1 is 1.28 bits per heavy atom. The van der Waals surface area contributed by atoms with Gasteiger partial charge in [-0.2, -0.15) is 0 Å². The molecule has 1 spiro atoms. The van der Waals surface area contributed by atoms with Crippen LogP contribution in [0.5, 0.6) is 0 Å². The minimum Gasteiger partial charge on any atom is -0.291 e. The van der Waals surface area contributed by atoms with Crippen molar-refractivity contribution >= 4 is 17.8 Å². The number of nitrogens with zero attached hydrogens (tertiary/aromatic N) is 1. The maximum absolute atomic E-state index is 12.6. The van der Waals surface area contributed by atoms with Crippen LogP contribution in [-0.2, 0) is 9.63 Å². The molecule has 3 rings (SSSR count). The van der Waals surface area contributed by atoms with Crippen molar-refractivity contribution in [2.45, 2.75) is 18.4 Å². The Balaban J connectivity index is 2.13. The molecule has 92 valence electrons. The van der Waals surface area contributed by atoms with Crippen molar-refractivity contribution in [1.29, 1.82) is 0 Å². The predicted octanol–water partition coefficient (Wildman–Crippen LogP) is 1.82. The second-order valence-electron chi connectivity index (χ2n) is 4.54. The predicted molar refractivity (Wildman–Crippen MR) is 65.6 cm³/mol. The molecule has 1 fully saturated rings. The summed E-state index contributed by atoms with van der Waals surface area (Å²) in [6.45, 7) is 0. The van der Waals surface area contributed by atoms with Crippen molar-refractivity contribution < 1.29 is 14.4 Å². The van der Waals surface area contributed by atoms with Gasteiger partial charge in [0.1, 0.15) is 0 Å². The zero-order chi connectivity index (χ0) is 12.8. The number of fused-ring (bicyclic) bond motifs is 1. The number of hydrogen-bond donors (Lipinski definition) is 0. The molecule has 0 saturated carbocycles. The van der Waals surface area contributed by atoms with Crippen LogP contribution < -0.4 is 0 Å². The van der Waals surface area contributed by atoms with Gasteiger partial charge in [0.2, 0.25) is 5.91 Å². The molecule has 0 N–H and O–H groups in total. The van der Waals surface area contributed by atoms with Crippen LogP contribution in [0.25, 0.3) is 6.08 Å². The minimum absolute atomic E-state index is 0.0618. The van der Waals surface area contributed by atoms with Crippen molar-refractivity contribution in [3.63, 3.8) is 0 Å². The summed E-state index contributed by atoms with van der Waals surface area (Å²) in [5.41, 5.74) is 0.598. The summed E-state index contributed by atoms with van der Waals surface area (Å²) in [5.74, 6) is -0.205. The number of carbonyl (C=O) groups is 2. The number of ketones is 1. The van der Waals surface area contributed by atoms with Gasteiger partial charge in [-0.3, -0.25) is 14.4 Å². The van der Waals surface area contributed by atoms with E-state index in [1.165, 1.54) is 12.2 Å². The molecule has 0 bridgehead atoms. The summed E-state index contributed by atoms with van der Waals surface area (Å²) < 4.78 is 0. The van der Waals surface area contributed by atoms with Gasteiger partial charge in [-0.15, -0.1) is 0 Å². The third-order valence-corrected chi connectivity index (χ3v) is 3.63. The first-order valence-corrected chi connectivity index (χ1v) is 5.89. The minimum atomic E-state index is -0.944. The molecule has 1 unspecified atom stereocenters. The van der Waals surface area contributed by atoms with Crippen molar-refractivity contribution in [2.24, 2.45) is 0 Å². The quantitative estimate of drug-likeness (QED) is 0.755. The lowest BCUT2D eigenvalue weighted by Crippen LogP contribution is -2.51. The molecule has 1 aromatic rings. The highest BCUT2D eigenvalue weighted by Crippen LogP contribution is 2.38. The van der Waals surface area contributed by atoms with E-state index in [9.17, 15) is 9.59 Å². The van der Waals surface area contributed by atoms with Crippen LogP contribution in [-0.4, -0.2) is 29.4 Å². The van der Waals surface area contributed by atoms with Crippen LogP contribution >= 0.6 is 0 Å². The van der Waals surface area contributed by atoms with E-state index in [0.29, 0.717) is 18.4 Å². The first-order valence-electron chi connectivity index (χ1n) is 5.89. The van der Waals surface area contributed by atoms with Gasteiger partial charge in [0.15, 0.2) is 11.3 Å². The molecule has 0 aromatic heterocycles. The van der Waals surface area contributed by atoms with Gasteiger partial charge >= 0.3 is 0 Å². The van der Waals surface area contributed by atoms with Crippen LogP contribution in [0.2, 0.25) is 0 Å². The fourth-order valence-corrected chi connectivity index (χ4v) is 2.73. The molecule has 1 aliphatic heterocycles. The Labute approximate surface area is 105 Å². The fourth-order valence-electron chi connectivity index (χ4n) is 2.73. The largest absolute Gasteiger partial charge is 0.291 e. The van der Waals surface area contributed by atoms with E-state index in [4.69, 9.17) is 4.84 Å². The molecule has 4 nitrogen and oxygen atoms in total. The summed E-state index contributed by atoms with van der Waals surface area (Å²) >= 11 is 0. The van der Waals surface area contributed by atoms with Gasteiger partial charge in [-0.25, -0.2) is 5.06 Å². The van der Waals surface area contributed by atoms with Crippen LogP contribution in [0.4, 0.5) is 0 Å². The molecule has 1 aromatic carbocycles. The zero-order valence-corrected chi connectivity index (χ0v) is 10.1. The molecule has 2 aliphatic rings. The summed E-state index contributed by atoms with van der Waals surface area (Å²) in [5, 5.41) is 1.21. The van der Waals surface area contributed by atoms with E-state index in [-0.39, 0.29) is 11.7 Å². The Kier molecular flexibility index (Phi) is 2.35. The van der Waals surface area contributed by atoms with Crippen molar-refractivity contribution in [3.8, 4) is 0 Å². The summed E-state index contributed by atoms with van der Waals surface area (Å²) in [6, 6.07) is 7.41. The maximum atomic E-state index is 12.6. The lowest BCUT2D eigenvalue weighted by Gasteiger charge is -2.34. The lowest BCUT2D eigenvalue weighted by molar-refractivity contribution is -0.181. The maximum Gasteiger partial charge on any atom is 0.247 e. The van der Waals surface area contributed by atoms with Crippen molar-refractivity contribution in [1.82, 2.24) is 5.06 Å². The molecular formula is C14H13NO3. The Hall–Kier alpha value is -1.94. The van der Waals surface area contributed by atoms with Crippen molar-refractivity contribution in [2.75, 3.05) is 7.11 Å². The van der Waals surface area contributed by atoms with E-state index in [0.717, 1.165) is 5.56 Å². The normalized spacial score (nSPS) is 25.9. The number of rotatable bonds is 1. The smallest absolute Gasteiger partial charge is 0.247 e. The molecule has 0 radical (unpaired) electrons. The standard InChI is InChI=1S/C14H13NO3/c1-18-15-12(16)7-9-14(15)8-6-10-4-2-3-5-11(10)13(14)17/h2-6,8H,7,9H2,1H3. The highest BCUT2D eigenvalue weighted by Gasteiger charge is 2.52. The topological polar surface area (TPSA) is 46.6 Å². The van der Waals surface area contributed by atoms with Gasteiger partial charge in [0.25, 0.3) is 0 Å². The van der Waals surface area contributed by atoms with E-state index in [1.807, 2.05) is 24.3 Å². The van der Waals surface area contributed by atoms with Crippen LogP contribution in [0.3, 0.4) is 0 Å². The highest BCUT2D eigenvalue weighted by molar-refractivity contribution is 6.12. The van der Waals surface area contributed by atoms with E-state index >= 15 is 0 Å². The van der Waals surface area contributed by atoms with Gasteiger partial charge in [-0.05, 0) is 18.1 Å². The molecule has 18 heavy (non-hydrogen) atoms. The Morgan fingerprint density at radius 3 is 2.83 bits per heavy atom. The number of amides is 1. The molecular weight excluding hydrogens is 230 g/mol. The van der Waals surface area contributed by atoms with Crippen LogP contribution in [0, 0.1) is 0 Å². The van der Waals surface area contributed by atoms with Gasteiger partial charge < -0.3 is 0 Å². The summed E-state index contributed by atoms with van der Waals surface area (Å²) in [7, 11) is 1.42. The highest BCUT2D eigenvalue weighted by atomic mass is 16.7. The second-order valence-corrected chi connectivity index (χ2v) is 4.54. The lowest BCUT2D eigenvalue weighted by atomic mass is 9.81. The monoisotopic (exact) mass is 243 g/mol. The molecule has 1 aliphatic carbocycles. The second kappa shape index (κ2) is 3.78. The van der Waals surface area contributed by atoms with E-state index < -0.39 is 5.54 Å². The number of Topliss-reactive ketones (excluding diaryl/α,β-unsaturated/α-hetero) is 1. The molecule has 1 heterocycles. The van der Waals surface area contributed by atoms with Crippen LogP contribution in [0.1, 0.15) is 28.8 Å². The number of hydroxylamine groups is 2. The summed E-state index contributed by atoms with van der Waals surface area (Å²) in [6.07, 6.45) is 4.49. The zero-order valence-electron chi connectivity index (χ0n) is 10.1. The number of carbonyl (C=O) groups excluding carboxylic acids is 2. The third kappa shape index (κ3) is 1.29. The fraction of sp³-hybridized carbons (Fsp3) is 0.286. The number of hydrogen-bond acceptors (Lipinski definition) is 3. The van der Waals surface area contributed by atoms with Gasteiger partial charge in [-0.1, -0.05) is 30.3 Å². The SMILES string of the molecule is CON1C(=O)CCC12C=Cc1ccccc1C2=O. The van der Waals surface area contributed by atoms with E-state index in [2.05, 4.69) is 0 Å². The summed E-state index contributed by atoms with van der Waals surface area (Å²) in [4.78, 5) is 29.5. The molecule has 1 saturated heterocycles. The first kappa shape index (κ1) is 11.2. The van der Waals surface area contributed by atoms with Gasteiger partial charge in [0, 0.05) is 12.0 Å². The average molecular weight is 243 g/mol. The third-order valence-electron chi connectivity index (χ3n) is 3.63. The molecule has 1 amide bonds. The first-order chi connectivity index (χ1) is 8.69. The number of benzene rings is 1. The Bertz CT molecular complexity index is 564. The molecule has 1 atom stereocenters.